The van der Waals surface area contributed by atoms with Crippen molar-refractivity contribution in [2.75, 3.05) is 0 Å². The van der Waals surface area contributed by atoms with Crippen LogP contribution in [-0.2, 0) is 7.05 Å². The standard InChI is InChI=1S/C15H17N7O2/c1-21-8-10(7-17-21)12(9-5-11(23)6-9)18-14(24)13-19-15-16-3-2-4-22(15)20-13/h2-4,7-9,11-12,23H,5-6H2,1H3,(H,18,24). The number of fused-ring (bicyclic) bond motifs is 1. The van der Waals surface area contributed by atoms with Gasteiger partial charge in [-0.2, -0.15) is 10.1 Å². The zero-order valence-electron chi connectivity index (χ0n) is 13.1. The summed E-state index contributed by atoms with van der Waals surface area (Å²) >= 11 is 0. The van der Waals surface area contributed by atoms with Crippen molar-refractivity contribution >= 4 is 11.7 Å². The van der Waals surface area contributed by atoms with Crippen molar-refractivity contribution in [3.05, 3.63) is 42.2 Å². The molecule has 0 aromatic carbocycles. The molecule has 9 heteroatoms. The van der Waals surface area contributed by atoms with Gasteiger partial charge in [0.15, 0.2) is 0 Å². The van der Waals surface area contributed by atoms with Gasteiger partial charge < -0.3 is 10.4 Å². The summed E-state index contributed by atoms with van der Waals surface area (Å²) in [5, 5.41) is 20.9. The van der Waals surface area contributed by atoms with Gasteiger partial charge in [0.25, 0.3) is 11.7 Å². The van der Waals surface area contributed by atoms with Gasteiger partial charge in [0.05, 0.1) is 18.3 Å². The number of hydrogen-bond donors (Lipinski definition) is 2. The third-order valence-corrected chi connectivity index (χ3v) is 4.31. The molecule has 3 aromatic rings. The number of carbonyl (C=O) groups excluding carboxylic acids is 1. The van der Waals surface area contributed by atoms with Gasteiger partial charge in [-0.1, -0.05) is 0 Å². The lowest BCUT2D eigenvalue weighted by atomic mass is 9.75. The Morgan fingerprint density at radius 3 is 2.96 bits per heavy atom. The number of amides is 1. The molecule has 3 aromatic heterocycles. The fraction of sp³-hybridized carbons (Fsp3) is 0.400. The van der Waals surface area contributed by atoms with Gasteiger partial charge >= 0.3 is 0 Å². The maximum atomic E-state index is 12.6. The summed E-state index contributed by atoms with van der Waals surface area (Å²) in [5.74, 6) is 0.251. The second-order valence-electron chi connectivity index (χ2n) is 6.08. The molecule has 124 valence electrons. The maximum Gasteiger partial charge on any atom is 0.291 e. The zero-order chi connectivity index (χ0) is 16.7. The molecule has 1 aliphatic carbocycles. The van der Waals surface area contributed by atoms with Crippen LogP contribution < -0.4 is 5.32 Å². The van der Waals surface area contributed by atoms with Gasteiger partial charge in [0, 0.05) is 31.2 Å². The smallest absolute Gasteiger partial charge is 0.291 e. The van der Waals surface area contributed by atoms with Gasteiger partial charge in [-0.05, 0) is 24.8 Å². The molecule has 0 radical (unpaired) electrons. The lowest BCUT2D eigenvalue weighted by Crippen LogP contribution is -2.41. The first kappa shape index (κ1) is 14.8. The van der Waals surface area contributed by atoms with Gasteiger partial charge in [-0.25, -0.2) is 9.50 Å². The summed E-state index contributed by atoms with van der Waals surface area (Å²) in [6.07, 6.45) is 7.89. The number of aromatic nitrogens is 6. The predicted octanol–water partition coefficient (Wildman–Crippen LogP) is 0.0998. The lowest BCUT2D eigenvalue weighted by Gasteiger charge is -2.37. The average Bonchev–Trinajstić information content (AvgIpc) is 3.15. The highest BCUT2D eigenvalue weighted by atomic mass is 16.3. The van der Waals surface area contributed by atoms with Crippen LogP contribution in [-0.4, -0.2) is 46.5 Å². The van der Waals surface area contributed by atoms with E-state index in [0.717, 1.165) is 5.56 Å². The average molecular weight is 327 g/mol. The summed E-state index contributed by atoms with van der Waals surface area (Å²) < 4.78 is 3.15. The Labute approximate surface area is 137 Å². The molecule has 3 heterocycles. The predicted molar refractivity (Wildman–Crippen MR) is 82.9 cm³/mol. The third kappa shape index (κ3) is 2.62. The number of rotatable bonds is 4. The van der Waals surface area contributed by atoms with Crippen molar-refractivity contribution in [1.82, 2.24) is 34.7 Å². The van der Waals surface area contributed by atoms with E-state index in [9.17, 15) is 9.90 Å². The fourth-order valence-corrected chi connectivity index (χ4v) is 3.01. The molecule has 4 rings (SSSR count). The van der Waals surface area contributed by atoms with E-state index in [2.05, 4.69) is 25.5 Å². The van der Waals surface area contributed by atoms with Crippen molar-refractivity contribution in [3.63, 3.8) is 0 Å². The first-order valence-electron chi connectivity index (χ1n) is 7.75. The Kier molecular flexibility index (Phi) is 3.49. The van der Waals surface area contributed by atoms with Crippen molar-refractivity contribution in [1.29, 1.82) is 0 Å². The Bertz CT molecular complexity index is 848. The molecule has 1 atom stereocenters. The Balaban J connectivity index is 1.58. The molecule has 0 aliphatic heterocycles. The van der Waals surface area contributed by atoms with E-state index in [1.807, 2.05) is 13.2 Å². The summed E-state index contributed by atoms with van der Waals surface area (Å²) in [4.78, 5) is 20.8. The van der Waals surface area contributed by atoms with E-state index in [1.54, 1.807) is 29.3 Å². The molecule has 0 saturated heterocycles. The second kappa shape index (κ2) is 5.68. The van der Waals surface area contributed by atoms with E-state index in [1.165, 1.54) is 4.52 Å². The van der Waals surface area contributed by atoms with Gasteiger partial charge in [-0.15, -0.1) is 5.10 Å². The highest BCUT2D eigenvalue weighted by molar-refractivity contribution is 5.91. The monoisotopic (exact) mass is 327 g/mol. The largest absolute Gasteiger partial charge is 0.393 e. The maximum absolute atomic E-state index is 12.6. The Hall–Kier alpha value is -2.81. The van der Waals surface area contributed by atoms with Crippen LogP contribution in [0.15, 0.2) is 30.9 Å². The van der Waals surface area contributed by atoms with Crippen LogP contribution >= 0.6 is 0 Å². The van der Waals surface area contributed by atoms with Crippen LogP contribution in [0.1, 0.15) is 35.1 Å². The van der Waals surface area contributed by atoms with Crippen LogP contribution in [0, 0.1) is 5.92 Å². The third-order valence-electron chi connectivity index (χ3n) is 4.31. The number of hydrogen-bond acceptors (Lipinski definition) is 6. The molecule has 1 aliphatic rings. The normalized spacial score (nSPS) is 21.4. The topological polar surface area (TPSA) is 110 Å². The van der Waals surface area contributed by atoms with Crippen molar-refractivity contribution in [2.24, 2.45) is 13.0 Å². The van der Waals surface area contributed by atoms with E-state index in [0.29, 0.717) is 18.6 Å². The second-order valence-corrected chi connectivity index (χ2v) is 6.08. The van der Waals surface area contributed by atoms with Crippen molar-refractivity contribution in [3.8, 4) is 0 Å². The van der Waals surface area contributed by atoms with E-state index >= 15 is 0 Å². The summed E-state index contributed by atoms with van der Waals surface area (Å²) in [7, 11) is 1.83. The number of aryl methyl sites for hydroxylation is 1. The zero-order valence-corrected chi connectivity index (χ0v) is 13.1. The van der Waals surface area contributed by atoms with Crippen molar-refractivity contribution in [2.45, 2.75) is 25.0 Å². The lowest BCUT2D eigenvalue weighted by molar-refractivity contribution is 0.0234. The molecule has 1 amide bonds. The number of nitrogens with one attached hydrogen (secondary N) is 1. The van der Waals surface area contributed by atoms with Gasteiger partial charge in [0.2, 0.25) is 5.82 Å². The van der Waals surface area contributed by atoms with Crippen LogP contribution in [0.4, 0.5) is 0 Å². The number of carbonyl (C=O) groups is 1. The van der Waals surface area contributed by atoms with Crippen LogP contribution in [0.5, 0.6) is 0 Å². The Morgan fingerprint density at radius 2 is 2.29 bits per heavy atom. The fourth-order valence-electron chi connectivity index (χ4n) is 3.01. The van der Waals surface area contributed by atoms with E-state index in [4.69, 9.17) is 0 Å². The quantitative estimate of drug-likeness (QED) is 0.703. The molecule has 0 bridgehead atoms. The van der Waals surface area contributed by atoms with Crippen LogP contribution in [0.25, 0.3) is 5.78 Å². The van der Waals surface area contributed by atoms with Crippen LogP contribution in [0.3, 0.4) is 0 Å². The molecule has 0 spiro atoms. The summed E-state index contributed by atoms with van der Waals surface area (Å²) in [6, 6.07) is 1.49. The molecular weight excluding hydrogens is 310 g/mol. The molecule has 1 fully saturated rings. The molecule has 1 unspecified atom stereocenters. The minimum atomic E-state index is -0.365. The minimum absolute atomic E-state index is 0.0717. The highest BCUT2D eigenvalue weighted by Crippen LogP contribution is 2.38. The molecule has 9 nitrogen and oxygen atoms in total. The summed E-state index contributed by atoms with van der Waals surface area (Å²) in [5.41, 5.74) is 0.907. The molecule has 2 N–H and O–H groups in total. The molecular formula is C15H17N7O2. The minimum Gasteiger partial charge on any atom is -0.393 e. The number of aliphatic hydroxyl groups excluding tert-OH is 1. The highest BCUT2D eigenvalue weighted by Gasteiger charge is 2.36. The van der Waals surface area contributed by atoms with E-state index in [-0.39, 0.29) is 29.8 Å². The number of aliphatic hydroxyl groups is 1. The first-order chi connectivity index (χ1) is 11.6. The SMILES string of the molecule is Cn1cc(C(NC(=O)c2nc3ncccn3n2)C2CC(O)C2)cn1. The van der Waals surface area contributed by atoms with Crippen LogP contribution in [0.2, 0.25) is 0 Å². The van der Waals surface area contributed by atoms with Gasteiger partial charge in [0.1, 0.15) is 0 Å². The Morgan fingerprint density at radius 1 is 1.46 bits per heavy atom. The molecule has 1 saturated carbocycles. The first-order valence-corrected chi connectivity index (χ1v) is 7.75. The molecule has 24 heavy (non-hydrogen) atoms. The van der Waals surface area contributed by atoms with E-state index < -0.39 is 0 Å². The summed E-state index contributed by atoms with van der Waals surface area (Å²) in [6.45, 7) is 0. The van der Waals surface area contributed by atoms with Gasteiger partial charge in [-0.3, -0.25) is 9.48 Å². The number of nitrogens with zero attached hydrogens (tertiary/aromatic N) is 6. The van der Waals surface area contributed by atoms with Crippen molar-refractivity contribution < 1.29 is 9.90 Å².